The molecule has 0 saturated heterocycles. The molecule has 4 N–H and O–H groups in total. The van der Waals surface area contributed by atoms with E-state index in [1.165, 1.54) is 5.56 Å². The molecule has 1 heterocycles. The Balaban J connectivity index is 1.78. The van der Waals surface area contributed by atoms with Gasteiger partial charge in [0.15, 0.2) is 17.7 Å². The van der Waals surface area contributed by atoms with E-state index in [1.54, 1.807) is 13.2 Å². The third-order valence-corrected chi connectivity index (χ3v) is 5.89. The Bertz CT molecular complexity index is 1090. The molecule has 2 unspecified atom stereocenters. The summed E-state index contributed by atoms with van der Waals surface area (Å²) in [5.41, 5.74) is 5.31. The normalized spacial score (nSPS) is 17.9. The topological polar surface area (TPSA) is 67.3 Å². The van der Waals surface area contributed by atoms with Crippen LogP contribution in [0.25, 0.3) is 5.70 Å². The molecule has 3 aromatic rings. The van der Waals surface area contributed by atoms with Gasteiger partial charge in [0.2, 0.25) is 0 Å². The molecule has 5 nitrogen and oxygen atoms in total. The van der Waals surface area contributed by atoms with E-state index in [0.717, 1.165) is 34.6 Å². The van der Waals surface area contributed by atoms with Crippen LogP contribution in [0, 0.1) is 0 Å². The Morgan fingerprint density at radius 2 is 1.62 bits per heavy atom. The molecule has 0 fully saturated rings. The number of ether oxygens (including phenoxy) is 2. The van der Waals surface area contributed by atoms with Crippen molar-refractivity contribution >= 4 is 5.70 Å². The summed E-state index contributed by atoms with van der Waals surface area (Å²) in [7, 11) is 1.69. The summed E-state index contributed by atoms with van der Waals surface area (Å²) in [5.74, 6) is 1.52. The maximum atomic E-state index is 10.9. The number of quaternary nitrogens is 1. The van der Waals surface area contributed by atoms with Gasteiger partial charge in [0.25, 0.3) is 0 Å². The standard InChI is InChI=1S/C27H30N2O3/c1-4-18-13-15-19(16-14-18)22-17-23(20-10-8-12-25(26(20)30)32-5-2)29-27(28-22)21-9-6-7-11-24(21)31-3/h6-17,23,27-30H,4-5H2,1-3H3/p+1. The zero-order valence-electron chi connectivity index (χ0n) is 18.8. The van der Waals surface area contributed by atoms with Crippen LogP contribution in [0.2, 0.25) is 0 Å². The average molecular weight is 432 g/mol. The molecule has 0 amide bonds. The maximum Gasteiger partial charge on any atom is 0.190 e. The number of aromatic hydroxyl groups is 1. The van der Waals surface area contributed by atoms with Gasteiger partial charge in [0, 0.05) is 11.8 Å². The Kier molecular flexibility index (Phi) is 6.66. The lowest BCUT2D eigenvalue weighted by molar-refractivity contribution is -0.731. The molecule has 0 bridgehead atoms. The number of nitrogens with one attached hydrogen (secondary N) is 1. The van der Waals surface area contributed by atoms with Crippen molar-refractivity contribution in [2.75, 3.05) is 13.7 Å². The molecule has 0 aliphatic carbocycles. The van der Waals surface area contributed by atoms with Gasteiger partial charge < -0.3 is 25.2 Å². The highest BCUT2D eigenvalue weighted by molar-refractivity contribution is 5.66. The summed E-state index contributed by atoms with van der Waals surface area (Å²) < 4.78 is 11.3. The summed E-state index contributed by atoms with van der Waals surface area (Å²) in [6.45, 7) is 4.57. The van der Waals surface area contributed by atoms with Crippen LogP contribution < -0.4 is 20.1 Å². The first-order valence-electron chi connectivity index (χ1n) is 11.1. The maximum absolute atomic E-state index is 10.9. The monoisotopic (exact) mass is 431 g/mol. The van der Waals surface area contributed by atoms with Crippen LogP contribution in [-0.2, 0) is 6.42 Å². The van der Waals surface area contributed by atoms with Crippen molar-refractivity contribution in [2.24, 2.45) is 0 Å². The number of hydrogen-bond acceptors (Lipinski definition) is 4. The van der Waals surface area contributed by atoms with E-state index >= 15 is 0 Å². The number of phenolic OH excluding ortho intramolecular Hbond substituents is 1. The number of aryl methyl sites for hydroxylation is 1. The van der Waals surface area contributed by atoms with Crippen molar-refractivity contribution < 1.29 is 19.9 Å². The minimum absolute atomic E-state index is 0.0860. The number of methoxy groups -OCH3 is 1. The molecule has 4 rings (SSSR count). The summed E-state index contributed by atoms with van der Waals surface area (Å²) in [6.07, 6.45) is 3.08. The third kappa shape index (κ3) is 4.43. The summed E-state index contributed by atoms with van der Waals surface area (Å²) in [5, 5.41) is 16.8. The first kappa shape index (κ1) is 21.8. The Morgan fingerprint density at radius 1 is 0.906 bits per heavy atom. The molecule has 3 aromatic carbocycles. The second-order valence-corrected chi connectivity index (χ2v) is 7.84. The first-order valence-corrected chi connectivity index (χ1v) is 11.1. The van der Waals surface area contributed by atoms with Gasteiger partial charge in [0.05, 0.1) is 24.8 Å². The van der Waals surface area contributed by atoms with Crippen molar-refractivity contribution in [2.45, 2.75) is 32.5 Å². The lowest BCUT2D eigenvalue weighted by Crippen LogP contribution is -2.89. The van der Waals surface area contributed by atoms with Gasteiger partial charge in [-0.05, 0) is 48.7 Å². The Morgan fingerprint density at radius 3 is 2.34 bits per heavy atom. The summed E-state index contributed by atoms with van der Waals surface area (Å²) in [4.78, 5) is 0. The SMILES string of the molecule is CCOc1cccc(C2C=C(c3ccc(CC)cc3)NC(c3ccccc3OC)[NH2+]2)c1O. The fraction of sp³-hybridized carbons (Fsp3) is 0.259. The smallest absolute Gasteiger partial charge is 0.190 e. The van der Waals surface area contributed by atoms with Gasteiger partial charge >= 0.3 is 0 Å². The van der Waals surface area contributed by atoms with Crippen molar-refractivity contribution in [3.8, 4) is 17.2 Å². The lowest BCUT2D eigenvalue weighted by atomic mass is 9.97. The van der Waals surface area contributed by atoms with Crippen molar-refractivity contribution in [1.29, 1.82) is 0 Å². The quantitative estimate of drug-likeness (QED) is 0.522. The molecule has 5 heteroatoms. The highest BCUT2D eigenvalue weighted by Gasteiger charge is 2.31. The molecule has 2 atom stereocenters. The van der Waals surface area contributed by atoms with Gasteiger partial charge in [-0.15, -0.1) is 0 Å². The largest absolute Gasteiger partial charge is 0.504 e. The fourth-order valence-electron chi connectivity index (χ4n) is 4.18. The highest BCUT2D eigenvalue weighted by Crippen LogP contribution is 2.36. The second kappa shape index (κ2) is 9.79. The first-order chi connectivity index (χ1) is 15.6. The zero-order chi connectivity index (χ0) is 22.5. The van der Waals surface area contributed by atoms with E-state index in [-0.39, 0.29) is 18.0 Å². The van der Waals surface area contributed by atoms with Crippen molar-refractivity contribution in [3.05, 3.63) is 95.1 Å². The number of para-hydroxylation sites is 2. The number of rotatable bonds is 7. The van der Waals surface area contributed by atoms with Gasteiger partial charge in [0.1, 0.15) is 11.8 Å². The van der Waals surface area contributed by atoms with Crippen LogP contribution in [0.4, 0.5) is 0 Å². The Hall–Kier alpha value is -3.44. The van der Waals surface area contributed by atoms with E-state index in [2.05, 4.69) is 54.0 Å². The van der Waals surface area contributed by atoms with Gasteiger partial charge in [-0.2, -0.15) is 0 Å². The molecule has 32 heavy (non-hydrogen) atoms. The summed E-state index contributed by atoms with van der Waals surface area (Å²) >= 11 is 0. The molecule has 0 aromatic heterocycles. The second-order valence-electron chi connectivity index (χ2n) is 7.84. The predicted molar refractivity (Wildman–Crippen MR) is 127 cm³/mol. The van der Waals surface area contributed by atoms with Crippen LogP contribution in [0.3, 0.4) is 0 Å². The summed E-state index contributed by atoms with van der Waals surface area (Å²) in [6, 6.07) is 22.2. The van der Waals surface area contributed by atoms with Crippen molar-refractivity contribution in [1.82, 2.24) is 5.32 Å². The minimum Gasteiger partial charge on any atom is -0.504 e. The number of nitrogens with two attached hydrogens (primary N) is 1. The molecule has 0 saturated carbocycles. The molecule has 0 spiro atoms. The van der Waals surface area contributed by atoms with Crippen LogP contribution in [-0.4, -0.2) is 18.8 Å². The van der Waals surface area contributed by atoms with E-state index in [0.29, 0.717) is 12.4 Å². The highest BCUT2D eigenvalue weighted by atomic mass is 16.5. The van der Waals surface area contributed by atoms with Crippen LogP contribution in [0.5, 0.6) is 17.2 Å². The van der Waals surface area contributed by atoms with Gasteiger partial charge in [-0.1, -0.05) is 49.4 Å². The number of phenols is 1. The number of hydrogen-bond donors (Lipinski definition) is 3. The fourth-order valence-corrected chi connectivity index (χ4v) is 4.18. The van der Waals surface area contributed by atoms with Crippen LogP contribution in [0.15, 0.2) is 72.8 Å². The van der Waals surface area contributed by atoms with Crippen LogP contribution in [0.1, 0.15) is 48.3 Å². The molecular formula is C27H31N2O3+. The molecule has 0 radical (unpaired) electrons. The van der Waals surface area contributed by atoms with E-state index in [4.69, 9.17) is 9.47 Å². The molecule has 166 valence electrons. The molecule has 1 aliphatic heterocycles. The molecule has 1 aliphatic rings. The predicted octanol–water partition coefficient (Wildman–Crippen LogP) is 4.31. The van der Waals surface area contributed by atoms with Crippen LogP contribution >= 0.6 is 0 Å². The lowest BCUT2D eigenvalue weighted by Gasteiger charge is -2.31. The molecular weight excluding hydrogens is 400 g/mol. The van der Waals surface area contributed by atoms with E-state index < -0.39 is 0 Å². The Labute approximate surface area is 189 Å². The van der Waals surface area contributed by atoms with Crippen molar-refractivity contribution in [3.63, 3.8) is 0 Å². The minimum atomic E-state index is -0.104. The third-order valence-electron chi connectivity index (χ3n) is 5.89. The zero-order valence-corrected chi connectivity index (χ0v) is 18.8. The van der Waals surface area contributed by atoms with Gasteiger partial charge in [-0.3, -0.25) is 0 Å². The van der Waals surface area contributed by atoms with E-state index in [9.17, 15) is 5.11 Å². The average Bonchev–Trinajstić information content (AvgIpc) is 2.85. The van der Waals surface area contributed by atoms with Gasteiger partial charge in [-0.25, -0.2) is 0 Å². The number of benzene rings is 3. The van der Waals surface area contributed by atoms with E-state index in [1.807, 2.05) is 37.3 Å².